The molecule has 5 rings (SSSR count). The maximum absolute atomic E-state index is 13.6. The number of aromatic nitrogens is 2. The first kappa shape index (κ1) is 20.3. The van der Waals surface area contributed by atoms with Crippen LogP contribution in [-0.4, -0.2) is 51.3 Å². The van der Waals surface area contributed by atoms with Crippen LogP contribution in [0.25, 0.3) is 16.8 Å². The molecule has 1 amide bonds. The third kappa shape index (κ3) is 4.24. The highest BCUT2D eigenvalue weighted by Crippen LogP contribution is 2.21. The largest absolute Gasteiger partial charge is 0.335 e. The van der Waals surface area contributed by atoms with Crippen molar-refractivity contribution in [3.05, 3.63) is 95.9 Å². The molecule has 5 nitrogen and oxygen atoms in total. The van der Waals surface area contributed by atoms with Gasteiger partial charge in [-0.25, -0.2) is 13.8 Å². The maximum Gasteiger partial charge on any atom is 0.274 e. The number of benzene rings is 2. The zero-order chi connectivity index (χ0) is 22.1. The smallest absolute Gasteiger partial charge is 0.274 e. The van der Waals surface area contributed by atoms with E-state index in [0.717, 1.165) is 36.3 Å². The molecule has 32 heavy (non-hydrogen) atoms. The molecule has 0 atom stereocenters. The molecule has 2 aromatic carbocycles. The number of fused-ring (bicyclic) bond motifs is 1. The van der Waals surface area contributed by atoms with Crippen molar-refractivity contribution in [1.29, 1.82) is 0 Å². The van der Waals surface area contributed by atoms with Crippen LogP contribution < -0.4 is 0 Å². The Morgan fingerprint density at radius 3 is 2.38 bits per heavy atom. The van der Waals surface area contributed by atoms with Crippen molar-refractivity contribution in [2.45, 2.75) is 6.54 Å². The lowest BCUT2D eigenvalue weighted by molar-refractivity contribution is 0.0623. The number of carbonyl (C=O) groups excluding carboxylic acids is 1. The molecule has 0 spiro atoms. The molecule has 2 aromatic heterocycles. The Morgan fingerprint density at radius 2 is 1.62 bits per heavy atom. The molecule has 0 N–H and O–H groups in total. The summed E-state index contributed by atoms with van der Waals surface area (Å²) in [7, 11) is 0. The lowest BCUT2D eigenvalue weighted by atomic mass is 10.1. The summed E-state index contributed by atoms with van der Waals surface area (Å²) in [5.74, 6) is -0.621. The second kappa shape index (κ2) is 8.51. The average molecular weight is 432 g/mol. The van der Waals surface area contributed by atoms with Crippen molar-refractivity contribution in [2.24, 2.45) is 0 Å². The molecule has 4 aromatic rings. The fraction of sp³-hybridized carbons (Fsp3) is 0.200. The fourth-order valence-electron chi connectivity index (χ4n) is 4.05. The summed E-state index contributed by atoms with van der Waals surface area (Å²) in [6, 6.07) is 16.6. The van der Waals surface area contributed by atoms with Crippen LogP contribution in [0.5, 0.6) is 0 Å². The van der Waals surface area contributed by atoms with Gasteiger partial charge in [-0.3, -0.25) is 9.69 Å². The van der Waals surface area contributed by atoms with E-state index in [2.05, 4.69) is 9.88 Å². The normalized spacial score (nSPS) is 14.8. The highest BCUT2D eigenvalue weighted by Gasteiger charge is 2.24. The van der Waals surface area contributed by atoms with Gasteiger partial charge in [0.2, 0.25) is 0 Å². The van der Waals surface area contributed by atoms with E-state index in [4.69, 9.17) is 0 Å². The molecule has 0 saturated carbocycles. The molecule has 0 bridgehead atoms. The van der Waals surface area contributed by atoms with Crippen molar-refractivity contribution in [1.82, 2.24) is 19.2 Å². The minimum atomic E-state index is -0.289. The van der Waals surface area contributed by atoms with Crippen LogP contribution in [0.15, 0.2) is 73.1 Å². The van der Waals surface area contributed by atoms with E-state index in [0.29, 0.717) is 24.4 Å². The SMILES string of the molecule is O=C(c1cn2cc(-c3cccc(F)c3)ccc2n1)N1CCN(Cc2ccc(F)cc2)CC1. The highest BCUT2D eigenvalue weighted by atomic mass is 19.1. The predicted octanol–water partition coefficient (Wildman–Crippen LogP) is 4.24. The minimum Gasteiger partial charge on any atom is -0.335 e. The molecular formula is C25H22F2N4O. The predicted molar refractivity (Wildman–Crippen MR) is 118 cm³/mol. The number of pyridine rings is 1. The molecule has 3 heterocycles. The summed E-state index contributed by atoms with van der Waals surface area (Å²) >= 11 is 0. The molecule has 0 unspecified atom stereocenters. The van der Waals surface area contributed by atoms with Crippen molar-refractivity contribution < 1.29 is 13.6 Å². The lowest BCUT2D eigenvalue weighted by Gasteiger charge is -2.34. The van der Waals surface area contributed by atoms with E-state index >= 15 is 0 Å². The number of nitrogens with zero attached hydrogens (tertiary/aromatic N) is 4. The Hall–Kier alpha value is -3.58. The molecule has 1 aliphatic heterocycles. The summed E-state index contributed by atoms with van der Waals surface area (Å²) in [6.45, 7) is 3.46. The zero-order valence-corrected chi connectivity index (χ0v) is 17.4. The second-order valence-corrected chi connectivity index (χ2v) is 8.01. The molecule has 162 valence electrons. The number of piperazine rings is 1. The number of imidazole rings is 1. The Labute approximate surface area is 184 Å². The van der Waals surface area contributed by atoms with E-state index in [-0.39, 0.29) is 17.5 Å². The Bertz CT molecular complexity index is 1260. The summed E-state index contributed by atoms with van der Waals surface area (Å²) in [4.78, 5) is 21.6. The van der Waals surface area contributed by atoms with Gasteiger partial charge < -0.3 is 9.30 Å². The number of amides is 1. The molecular weight excluding hydrogens is 410 g/mol. The van der Waals surface area contributed by atoms with E-state index in [1.54, 1.807) is 28.8 Å². The Kier molecular flexibility index (Phi) is 5.41. The first-order valence-corrected chi connectivity index (χ1v) is 10.6. The van der Waals surface area contributed by atoms with E-state index in [9.17, 15) is 13.6 Å². The molecule has 1 saturated heterocycles. The van der Waals surface area contributed by atoms with Gasteiger partial charge in [-0.2, -0.15) is 0 Å². The van der Waals surface area contributed by atoms with Gasteiger partial charge in [0.25, 0.3) is 5.91 Å². The molecule has 0 aliphatic carbocycles. The molecule has 0 radical (unpaired) electrons. The van der Waals surface area contributed by atoms with Crippen LogP contribution in [0.3, 0.4) is 0 Å². The van der Waals surface area contributed by atoms with Gasteiger partial charge in [-0.05, 0) is 53.1 Å². The van der Waals surface area contributed by atoms with Gasteiger partial charge >= 0.3 is 0 Å². The topological polar surface area (TPSA) is 40.9 Å². The van der Waals surface area contributed by atoms with Crippen LogP contribution in [0.2, 0.25) is 0 Å². The summed E-state index contributed by atoms with van der Waals surface area (Å²) < 4.78 is 28.5. The van der Waals surface area contributed by atoms with Gasteiger partial charge in [-0.1, -0.05) is 24.3 Å². The summed E-state index contributed by atoms with van der Waals surface area (Å²) in [5, 5.41) is 0. The monoisotopic (exact) mass is 432 g/mol. The van der Waals surface area contributed by atoms with Crippen LogP contribution in [-0.2, 0) is 6.54 Å². The fourth-order valence-corrected chi connectivity index (χ4v) is 4.05. The first-order chi connectivity index (χ1) is 15.5. The number of halogens is 2. The number of hydrogen-bond donors (Lipinski definition) is 0. The van der Waals surface area contributed by atoms with Gasteiger partial charge in [0, 0.05) is 45.1 Å². The van der Waals surface area contributed by atoms with Gasteiger partial charge in [0.05, 0.1) is 0 Å². The third-order valence-corrected chi connectivity index (χ3v) is 5.81. The Morgan fingerprint density at radius 1 is 0.844 bits per heavy atom. The number of hydrogen-bond acceptors (Lipinski definition) is 3. The quantitative estimate of drug-likeness (QED) is 0.485. The van der Waals surface area contributed by atoms with Crippen molar-refractivity contribution in [3.63, 3.8) is 0 Å². The van der Waals surface area contributed by atoms with Crippen molar-refractivity contribution in [3.8, 4) is 11.1 Å². The van der Waals surface area contributed by atoms with Gasteiger partial charge in [0.1, 0.15) is 23.0 Å². The minimum absolute atomic E-state index is 0.0950. The standard InChI is InChI=1S/C25H22F2N4O/c26-21-7-4-18(5-8-21)15-29-10-12-30(13-11-29)25(32)23-17-31-16-20(6-9-24(31)28-23)19-2-1-3-22(27)14-19/h1-9,14,16-17H,10-13,15H2. The van der Waals surface area contributed by atoms with Crippen molar-refractivity contribution >= 4 is 11.6 Å². The van der Waals surface area contributed by atoms with Gasteiger partial charge in [0.15, 0.2) is 0 Å². The molecule has 1 aliphatic rings. The maximum atomic E-state index is 13.6. The van der Waals surface area contributed by atoms with Crippen LogP contribution >= 0.6 is 0 Å². The molecule has 7 heteroatoms. The van der Waals surface area contributed by atoms with Crippen LogP contribution in [0.1, 0.15) is 16.1 Å². The zero-order valence-electron chi connectivity index (χ0n) is 17.4. The van der Waals surface area contributed by atoms with Crippen molar-refractivity contribution in [2.75, 3.05) is 26.2 Å². The van der Waals surface area contributed by atoms with Crippen LogP contribution in [0, 0.1) is 11.6 Å². The Balaban J connectivity index is 1.26. The summed E-state index contributed by atoms with van der Waals surface area (Å²) in [6.07, 6.45) is 3.58. The second-order valence-electron chi connectivity index (χ2n) is 8.01. The lowest BCUT2D eigenvalue weighted by Crippen LogP contribution is -2.48. The third-order valence-electron chi connectivity index (χ3n) is 5.81. The molecule has 1 fully saturated rings. The first-order valence-electron chi connectivity index (χ1n) is 10.6. The van der Waals surface area contributed by atoms with Gasteiger partial charge in [-0.15, -0.1) is 0 Å². The highest BCUT2D eigenvalue weighted by molar-refractivity contribution is 5.93. The number of rotatable bonds is 4. The van der Waals surface area contributed by atoms with Crippen LogP contribution in [0.4, 0.5) is 8.78 Å². The van der Waals surface area contributed by atoms with E-state index < -0.39 is 0 Å². The number of carbonyl (C=O) groups is 1. The average Bonchev–Trinajstić information content (AvgIpc) is 3.24. The summed E-state index contributed by atoms with van der Waals surface area (Å²) in [5.41, 5.74) is 3.74. The van der Waals surface area contributed by atoms with E-state index in [1.165, 1.54) is 24.3 Å². The van der Waals surface area contributed by atoms with E-state index in [1.807, 2.05) is 29.3 Å².